The number of aromatic amines is 1. The highest BCUT2D eigenvalue weighted by atomic mass is 16.4. The van der Waals surface area contributed by atoms with Crippen molar-refractivity contribution in [2.75, 3.05) is 0 Å². The number of carboxylic acids is 2. The van der Waals surface area contributed by atoms with Crippen LogP contribution >= 0.6 is 0 Å². The van der Waals surface area contributed by atoms with E-state index in [0.717, 1.165) is 0 Å². The minimum Gasteiger partial charge on any atom is -0.481 e. The lowest BCUT2D eigenvalue weighted by Gasteiger charge is -2.16. The Morgan fingerprint density at radius 3 is 2.39 bits per heavy atom. The molecule has 148 valence electrons. The predicted molar refractivity (Wildman–Crippen MR) is 96.8 cm³/mol. The Hall–Kier alpha value is -3.69. The van der Waals surface area contributed by atoms with Crippen LogP contribution in [0.1, 0.15) is 29.4 Å². The lowest BCUT2D eigenvalue weighted by atomic mass is 10.1. The highest BCUT2D eigenvalue weighted by Crippen LogP contribution is 2.23. The Morgan fingerprint density at radius 2 is 1.79 bits per heavy atom. The van der Waals surface area contributed by atoms with Crippen LogP contribution in [0.4, 0.5) is 0 Å². The Balaban J connectivity index is 2.17. The van der Waals surface area contributed by atoms with E-state index >= 15 is 0 Å². The van der Waals surface area contributed by atoms with Gasteiger partial charge in [0.05, 0.1) is 18.9 Å². The van der Waals surface area contributed by atoms with Crippen molar-refractivity contribution in [2.24, 2.45) is 0 Å². The zero-order valence-corrected chi connectivity index (χ0v) is 14.9. The molecule has 1 aromatic heterocycles. The van der Waals surface area contributed by atoms with E-state index in [1.165, 1.54) is 6.92 Å². The summed E-state index contributed by atoms with van der Waals surface area (Å²) < 4.78 is 0. The summed E-state index contributed by atoms with van der Waals surface area (Å²) in [7, 11) is 0. The highest BCUT2D eigenvalue weighted by molar-refractivity contribution is 6.04. The fourth-order valence-corrected chi connectivity index (χ4v) is 2.69. The summed E-state index contributed by atoms with van der Waals surface area (Å²) in [6.45, 7) is 1.36. The molecule has 10 nitrogen and oxygen atoms in total. The van der Waals surface area contributed by atoms with Crippen LogP contribution in [0.15, 0.2) is 24.3 Å². The third kappa shape index (κ3) is 4.93. The van der Waals surface area contributed by atoms with Gasteiger partial charge in [0.2, 0.25) is 5.91 Å². The van der Waals surface area contributed by atoms with Gasteiger partial charge in [0.15, 0.2) is 0 Å². The van der Waals surface area contributed by atoms with Gasteiger partial charge in [-0.3, -0.25) is 19.2 Å². The number of carbonyl (C=O) groups excluding carboxylic acids is 3. The molecule has 0 spiro atoms. The fraction of sp³-hybridized carbons (Fsp3) is 0.278. The van der Waals surface area contributed by atoms with Gasteiger partial charge in [0.1, 0.15) is 18.0 Å². The first-order valence-electron chi connectivity index (χ1n) is 8.32. The number of aromatic nitrogens is 1. The van der Waals surface area contributed by atoms with E-state index in [2.05, 4.69) is 15.6 Å². The van der Waals surface area contributed by atoms with Crippen LogP contribution in [0, 0.1) is 0 Å². The Bertz CT molecular complexity index is 934. The molecule has 0 saturated carbocycles. The van der Waals surface area contributed by atoms with Crippen LogP contribution in [0.3, 0.4) is 0 Å². The van der Waals surface area contributed by atoms with E-state index in [4.69, 9.17) is 10.2 Å². The molecule has 2 rings (SSSR count). The minimum atomic E-state index is -1.26. The monoisotopic (exact) mass is 389 g/mol. The molecule has 0 fully saturated rings. The SMILES string of the molecule is C[C@H](NC(=O)c1[nH]c2ccccc2c1CC(=O)O)C(=O)N[C@H](C=O)CC(=O)O. The molecule has 0 aliphatic carbocycles. The van der Waals surface area contributed by atoms with Gasteiger partial charge in [-0.2, -0.15) is 0 Å². The first-order valence-corrected chi connectivity index (χ1v) is 8.32. The molecule has 0 saturated heterocycles. The number of aldehydes is 1. The van der Waals surface area contributed by atoms with Crippen molar-refractivity contribution >= 4 is 40.9 Å². The summed E-state index contributed by atoms with van der Waals surface area (Å²) in [4.78, 5) is 60.2. The largest absolute Gasteiger partial charge is 0.481 e. The molecular formula is C18H19N3O7. The normalized spacial score (nSPS) is 12.8. The van der Waals surface area contributed by atoms with Crippen LogP contribution in [-0.4, -0.2) is 57.3 Å². The Labute approximate surface area is 158 Å². The average molecular weight is 389 g/mol. The van der Waals surface area contributed by atoms with Gasteiger partial charge < -0.3 is 30.6 Å². The van der Waals surface area contributed by atoms with Crippen LogP contribution in [0.5, 0.6) is 0 Å². The summed E-state index contributed by atoms with van der Waals surface area (Å²) in [5, 5.41) is 23.0. The highest BCUT2D eigenvalue weighted by Gasteiger charge is 2.24. The van der Waals surface area contributed by atoms with E-state index in [1.54, 1.807) is 24.3 Å². The molecule has 1 aromatic carbocycles. The maximum absolute atomic E-state index is 12.6. The molecule has 10 heteroatoms. The molecule has 0 bridgehead atoms. The third-order valence-electron chi connectivity index (χ3n) is 4.00. The fourth-order valence-electron chi connectivity index (χ4n) is 2.69. The topological polar surface area (TPSA) is 166 Å². The third-order valence-corrected chi connectivity index (χ3v) is 4.00. The van der Waals surface area contributed by atoms with Crippen molar-refractivity contribution in [3.63, 3.8) is 0 Å². The van der Waals surface area contributed by atoms with Crippen LogP contribution in [0.25, 0.3) is 10.9 Å². The van der Waals surface area contributed by atoms with E-state index < -0.39 is 42.3 Å². The number of hydrogen-bond donors (Lipinski definition) is 5. The summed E-state index contributed by atoms with van der Waals surface area (Å²) in [5.74, 6) is -3.82. The number of carbonyl (C=O) groups is 5. The molecule has 2 atom stereocenters. The van der Waals surface area contributed by atoms with Gasteiger partial charge in [-0.1, -0.05) is 18.2 Å². The van der Waals surface area contributed by atoms with Crippen molar-refractivity contribution in [3.05, 3.63) is 35.5 Å². The van der Waals surface area contributed by atoms with Gasteiger partial charge in [0.25, 0.3) is 5.91 Å². The number of carboxylic acid groups (broad SMARTS) is 2. The van der Waals surface area contributed by atoms with Crippen LogP contribution in [-0.2, 0) is 25.6 Å². The predicted octanol–water partition coefficient (Wildman–Crippen LogP) is 0.0717. The number of rotatable bonds is 9. The van der Waals surface area contributed by atoms with E-state index in [1.807, 2.05) is 0 Å². The van der Waals surface area contributed by atoms with E-state index in [9.17, 15) is 24.0 Å². The molecule has 0 unspecified atom stereocenters. The number of H-pyrrole nitrogens is 1. The quantitative estimate of drug-likeness (QED) is 0.378. The van der Waals surface area contributed by atoms with Gasteiger partial charge in [-0.15, -0.1) is 0 Å². The summed E-state index contributed by atoms with van der Waals surface area (Å²) in [6.07, 6.45) is -0.678. The number of nitrogens with one attached hydrogen (secondary N) is 3. The molecule has 28 heavy (non-hydrogen) atoms. The van der Waals surface area contributed by atoms with Crippen LogP contribution in [0.2, 0.25) is 0 Å². The molecule has 5 N–H and O–H groups in total. The van der Waals surface area contributed by atoms with E-state index in [0.29, 0.717) is 17.2 Å². The zero-order chi connectivity index (χ0) is 20.8. The van der Waals surface area contributed by atoms with Gasteiger partial charge in [-0.05, 0) is 13.0 Å². The summed E-state index contributed by atoms with van der Waals surface area (Å²) >= 11 is 0. The first kappa shape index (κ1) is 20.6. The van der Waals surface area contributed by atoms with Crippen molar-refractivity contribution in [3.8, 4) is 0 Å². The van der Waals surface area contributed by atoms with Gasteiger partial charge in [-0.25, -0.2) is 0 Å². The minimum absolute atomic E-state index is 0.0146. The maximum atomic E-state index is 12.6. The van der Waals surface area contributed by atoms with Crippen molar-refractivity contribution < 1.29 is 34.2 Å². The van der Waals surface area contributed by atoms with Crippen molar-refractivity contribution in [1.29, 1.82) is 0 Å². The van der Waals surface area contributed by atoms with Crippen LogP contribution < -0.4 is 10.6 Å². The zero-order valence-electron chi connectivity index (χ0n) is 14.9. The van der Waals surface area contributed by atoms with Crippen molar-refractivity contribution in [2.45, 2.75) is 31.8 Å². The summed E-state index contributed by atoms with van der Waals surface area (Å²) in [5.41, 5.74) is 0.869. The maximum Gasteiger partial charge on any atom is 0.307 e. The molecule has 1 heterocycles. The lowest BCUT2D eigenvalue weighted by molar-refractivity contribution is -0.139. The Kier molecular flexibility index (Phi) is 6.48. The number of aliphatic carboxylic acids is 2. The van der Waals surface area contributed by atoms with Gasteiger partial charge >= 0.3 is 11.9 Å². The number of amides is 2. The van der Waals surface area contributed by atoms with Gasteiger partial charge in [0, 0.05) is 16.5 Å². The molecule has 2 aromatic rings. The lowest BCUT2D eigenvalue weighted by Crippen LogP contribution is -2.49. The summed E-state index contributed by atoms with van der Waals surface area (Å²) in [6, 6.07) is 4.49. The van der Waals surface area contributed by atoms with E-state index in [-0.39, 0.29) is 17.7 Å². The Morgan fingerprint density at radius 1 is 1.11 bits per heavy atom. The second-order valence-corrected chi connectivity index (χ2v) is 6.14. The number of fused-ring (bicyclic) bond motifs is 1. The molecule has 0 radical (unpaired) electrons. The molecule has 0 aliphatic rings. The molecule has 2 amide bonds. The van der Waals surface area contributed by atoms with Crippen molar-refractivity contribution in [1.82, 2.24) is 15.6 Å². The standard InChI is InChI=1S/C18H19N3O7/c1-9(17(27)20-10(8-22)6-14(23)24)19-18(28)16-12(7-15(25)26)11-4-2-3-5-13(11)21-16/h2-5,8-10,21H,6-7H2,1H3,(H,19,28)(H,20,27)(H,23,24)(H,25,26)/t9-,10-/m0/s1. The first-order chi connectivity index (χ1) is 13.2. The second-order valence-electron chi connectivity index (χ2n) is 6.14. The number of para-hydroxylation sites is 1. The smallest absolute Gasteiger partial charge is 0.307 e. The second kappa shape index (κ2) is 8.80. The number of hydrogen-bond acceptors (Lipinski definition) is 5. The average Bonchev–Trinajstić information content (AvgIpc) is 2.98. The number of benzene rings is 1. The molecular weight excluding hydrogens is 370 g/mol. The molecule has 0 aliphatic heterocycles.